The summed E-state index contributed by atoms with van der Waals surface area (Å²) in [5.74, 6) is -0.0444. The zero-order chi connectivity index (χ0) is 12.1. The van der Waals surface area contributed by atoms with E-state index in [9.17, 15) is 4.79 Å². The quantitative estimate of drug-likeness (QED) is 0.841. The van der Waals surface area contributed by atoms with Crippen LogP contribution in [0.25, 0.3) is 0 Å². The Bertz CT molecular complexity index is 491. The third-order valence-corrected chi connectivity index (χ3v) is 2.64. The number of benzene rings is 1. The van der Waals surface area contributed by atoms with Gasteiger partial charge in [0.25, 0.3) is 5.91 Å². The van der Waals surface area contributed by atoms with Gasteiger partial charge < -0.3 is 10.3 Å². The van der Waals surface area contributed by atoms with E-state index in [0.29, 0.717) is 6.54 Å². The van der Waals surface area contributed by atoms with Gasteiger partial charge in [0.1, 0.15) is 0 Å². The monoisotopic (exact) mass is 229 g/mol. The summed E-state index contributed by atoms with van der Waals surface area (Å²) in [4.78, 5) is 18.8. The van der Waals surface area contributed by atoms with Crippen LogP contribution in [-0.2, 0) is 13.0 Å². The third-order valence-electron chi connectivity index (χ3n) is 2.64. The largest absolute Gasteiger partial charge is 0.347 e. The molecule has 0 spiro atoms. The van der Waals surface area contributed by atoms with Crippen LogP contribution in [0.15, 0.2) is 36.8 Å². The van der Waals surface area contributed by atoms with E-state index >= 15 is 0 Å². The fourth-order valence-electron chi connectivity index (χ4n) is 1.70. The molecule has 0 unspecified atom stereocenters. The summed E-state index contributed by atoms with van der Waals surface area (Å²) in [5.41, 5.74) is 2.71. The summed E-state index contributed by atoms with van der Waals surface area (Å²) in [6.07, 6.45) is 4.15. The van der Waals surface area contributed by atoms with E-state index in [1.165, 1.54) is 0 Å². The predicted octanol–water partition coefficient (Wildman–Crippen LogP) is 1.90. The molecule has 0 radical (unpaired) electrons. The highest BCUT2D eigenvalue weighted by atomic mass is 16.1. The summed E-state index contributed by atoms with van der Waals surface area (Å²) >= 11 is 0. The highest BCUT2D eigenvalue weighted by molar-refractivity contribution is 5.95. The molecule has 1 heterocycles. The molecule has 0 atom stereocenters. The van der Waals surface area contributed by atoms with Crippen LogP contribution in [0.3, 0.4) is 0 Å². The standard InChI is InChI=1S/C13H15N3O/c1-2-10-5-3-4-6-12(10)13(17)15-8-11-7-14-9-16-11/h3-7,9H,2,8H2,1H3,(H,14,16)(H,15,17). The van der Waals surface area contributed by atoms with Gasteiger partial charge in [0.05, 0.1) is 18.6 Å². The number of nitrogens with zero attached hydrogens (tertiary/aromatic N) is 1. The number of imidazole rings is 1. The average Bonchev–Trinajstić information content (AvgIpc) is 2.89. The average molecular weight is 229 g/mol. The Balaban J connectivity index is 2.04. The smallest absolute Gasteiger partial charge is 0.251 e. The molecule has 4 nitrogen and oxygen atoms in total. The first kappa shape index (κ1) is 11.4. The molecule has 0 bridgehead atoms. The number of amides is 1. The van der Waals surface area contributed by atoms with E-state index in [0.717, 1.165) is 23.2 Å². The van der Waals surface area contributed by atoms with E-state index in [1.807, 2.05) is 31.2 Å². The fourth-order valence-corrected chi connectivity index (χ4v) is 1.70. The van der Waals surface area contributed by atoms with Crippen molar-refractivity contribution in [1.29, 1.82) is 0 Å². The Morgan fingerprint density at radius 3 is 2.94 bits per heavy atom. The fraction of sp³-hybridized carbons (Fsp3) is 0.231. The summed E-state index contributed by atoms with van der Waals surface area (Å²) in [6.45, 7) is 2.51. The molecule has 88 valence electrons. The van der Waals surface area contributed by atoms with E-state index in [2.05, 4.69) is 15.3 Å². The summed E-state index contributed by atoms with van der Waals surface area (Å²) in [7, 11) is 0. The molecule has 0 saturated heterocycles. The Morgan fingerprint density at radius 2 is 2.24 bits per heavy atom. The van der Waals surface area contributed by atoms with Crippen molar-refractivity contribution in [3.05, 3.63) is 53.6 Å². The molecule has 1 amide bonds. The SMILES string of the molecule is CCc1ccccc1C(=O)NCc1cnc[nH]1. The molecule has 2 aromatic rings. The van der Waals surface area contributed by atoms with Crippen LogP contribution in [-0.4, -0.2) is 15.9 Å². The maximum atomic E-state index is 12.0. The number of nitrogens with one attached hydrogen (secondary N) is 2. The Hall–Kier alpha value is -2.10. The molecule has 0 aliphatic rings. The lowest BCUT2D eigenvalue weighted by atomic mass is 10.0. The van der Waals surface area contributed by atoms with Crippen molar-refractivity contribution in [3.8, 4) is 0 Å². The number of hydrogen-bond donors (Lipinski definition) is 2. The van der Waals surface area contributed by atoms with E-state index in [-0.39, 0.29) is 5.91 Å². The predicted molar refractivity (Wildman–Crippen MR) is 65.6 cm³/mol. The highest BCUT2D eigenvalue weighted by Gasteiger charge is 2.09. The minimum Gasteiger partial charge on any atom is -0.347 e. The zero-order valence-electron chi connectivity index (χ0n) is 9.73. The van der Waals surface area contributed by atoms with E-state index in [4.69, 9.17) is 0 Å². The lowest BCUT2D eigenvalue weighted by molar-refractivity contribution is 0.0949. The van der Waals surface area contributed by atoms with Crippen molar-refractivity contribution in [1.82, 2.24) is 15.3 Å². The first-order valence-corrected chi connectivity index (χ1v) is 5.64. The number of carbonyl (C=O) groups is 1. The minimum atomic E-state index is -0.0444. The zero-order valence-corrected chi connectivity index (χ0v) is 9.73. The second kappa shape index (κ2) is 5.30. The van der Waals surface area contributed by atoms with E-state index < -0.39 is 0 Å². The summed E-state index contributed by atoms with van der Waals surface area (Å²) in [6, 6.07) is 7.65. The molecule has 0 aliphatic carbocycles. The number of carbonyl (C=O) groups excluding carboxylic acids is 1. The minimum absolute atomic E-state index is 0.0444. The number of aromatic amines is 1. The van der Waals surface area contributed by atoms with Crippen molar-refractivity contribution in [2.75, 3.05) is 0 Å². The van der Waals surface area contributed by atoms with Gasteiger partial charge in [-0.3, -0.25) is 4.79 Å². The van der Waals surface area contributed by atoms with Gasteiger partial charge in [-0.05, 0) is 18.1 Å². The molecule has 2 rings (SSSR count). The van der Waals surface area contributed by atoms with Crippen LogP contribution in [0.2, 0.25) is 0 Å². The van der Waals surface area contributed by atoms with Crippen molar-refractivity contribution in [3.63, 3.8) is 0 Å². The Labute approximate surface area is 100 Å². The van der Waals surface area contributed by atoms with Crippen LogP contribution in [0.4, 0.5) is 0 Å². The number of rotatable bonds is 4. The molecule has 0 aliphatic heterocycles. The normalized spacial score (nSPS) is 10.2. The lowest BCUT2D eigenvalue weighted by Crippen LogP contribution is -2.24. The van der Waals surface area contributed by atoms with Gasteiger partial charge in [-0.2, -0.15) is 0 Å². The number of H-pyrrole nitrogens is 1. The molecule has 4 heteroatoms. The number of aryl methyl sites for hydroxylation is 1. The molecular weight excluding hydrogens is 214 g/mol. The summed E-state index contributed by atoms with van der Waals surface area (Å²) in [5, 5.41) is 2.87. The Morgan fingerprint density at radius 1 is 1.41 bits per heavy atom. The van der Waals surface area contributed by atoms with Gasteiger partial charge in [0.15, 0.2) is 0 Å². The molecule has 0 fully saturated rings. The maximum absolute atomic E-state index is 12.0. The van der Waals surface area contributed by atoms with Crippen LogP contribution >= 0.6 is 0 Å². The summed E-state index contributed by atoms with van der Waals surface area (Å²) < 4.78 is 0. The first-order chi connectivity index (χ1) is 8.31. The third kappa shape index (κ3) is 2.72. The van der Waals surface area contributed by atoms with Gasteiger partial charge in [0, 0.05) is 11.8 Å². The second-order valence-corrected chi connectivity index (χ2v) is 3.77. The van der Waals surface area contributed by atoms with Crippen LogP contribution in [0.1, 0.15) is 28.5 Å². The molecule has 0 saturated carbocycles. The van der Waals surface area contributed by atoms with Gasteiger partial charge in [-0.15, -0.1) is 0 Å². The topological polar surface area (TPSA) is 57.8 Å². The van der Waals surface area contributed by atoms with Crippen LogP contribution in [0, 0.1) is 0 Å². The van der Waals surface area contributed by atoms with E-state index in [1.54, 1.807) is 12.5 Å². The molecule has 1 aromatic carbocycles. The van der Waals surface area contributed by atoms with Crippen molar-refractivity contribution < 1.29 is 4.79 Å². The lowest BCUT2D eigenvalue weighted by Gasteiger charge is -2.07. The number of aromatic nitrogens is 2. The van der Waals surface area contributed by atoms with Crippen LogP contribution in [0.5, 0.6) is 0 Å². The second-order valence-electron chi connectivity index (χ2n) is 3.77. The molecule has 17 heavy (non-hydrogen) atoms. The van der Waals surface area contributed by atoms with Gasteiger partial charge in [-0.25, -0.2) is 4.98 Å². The van der Waals surface area contributed by atoms with Gasteiger partial charge >= 0.3 is 0 Å². The molecule has 1 aromatic heterocycles. The number of hydrogen-bond acceptors (Lipinski definition) is 2. The maximum Gasteiger partial charge on any atom is 0.251 e. The Kier molecular flexibility index (Phi) is 3.55. The van der Waals surface area contributed by atoms with Crippen molar-refractivity contribution in [2.45, 2.75) is 19.9 Å². The first-order valence-electron chi connectivity index (χ1n) is 5.64. The molecule has 2 N–H and O–H groups in total. The van der Waals surface area contributed by atoms with Gasteiger partial charge in [-0.1, -0.05) is 25.1 Å². The van der Waals surface area contributed by atoms with Crippen LogP contribution < -0.4 is 5.32 Å². The highest BCUT2D eigenvalue weighted by Crippen LogP contribution is 2.09. The molecular formula is C13H15N3O. The van der Waals surface area contributed by atoms with Crippen molar-refractivity contribution in [2.24, 2.45) is 0 Å². The van der Waals surface area contributed by atoms with Gasteiger partial charge in [0.2, 0.25) is 0 Å². The van der Waals surface area contributed by atoms with Crippen molar-refractivity contribution >= 4 is 5.91 Å².